The van der Waals surface area contributed by atoms with Crippen LogP contribution in [0.4, 0.5) is 0 Å². The van der Waals surface area contributed by atoms with E-state index in [1.165, 1.54) is 16.7 Å². The Morgan fingerprint density at radius 2 is 1.81 bits per heavy atom. The fraction of sp³-hybridized carbons (Fsp3) is 0.458. The van der Waals surface area contributed by atoms with E-state index >= 15 is 0 Å². The summed E-state index contributed by atoms with van der Waals surface area (Å²) in [4.78, 5) is 7.25. The summed E-state index contributed by atoms with van der Waals surface area (Å²) in [5.74, 6) is 2.39. The summed E-state index contributed by atoms with van der Waals surface area (Å²) in [6.07, 6.45) is 2.01. The number of nitrogens with zero attached hydrogens (tertiary/aromatic N) is 2. The van der Waals surface area contributed by atoms with Gasteiger partial charge >= 0.3 is 0 Å². The van der Waals surface area contributed by atoms with Crippen LogP contribution in [0.3, 0.4) is 0 Å². The molecule has 0 fully saturated rings. The summed E-state index contributed by atoms with van der Waals surface area (Å²) in [5, 5.41) is 6.78. The van der Waals surface area contributed by atoms with E-state index < -0.39 is 0 Å². The second-order valence-corrected chi connectivity index (χ2v) is 7.42. The Labute approximate surface area is 203 Å². The number of fused-ring (bicyclic) bond motifs is 1. The Hall–Kier alpha value is -2.00. The lowest BCUT2D eigenvalue weighted by atomic mass is 10.0. The van der Waals surface area contributed by atoms with Gasteiger partial charge in [0.15, 0.2) is 17.5 Å². The number of aliphatic imine (C=N–C) groups is 1. The highest BCUT2D eigenvalue weighted by Crippen LogP contribution is 2.27. The number of rotatable bonds is 9. The van der Waals surface area contributed by atoms with Crippen molar-refractivity contribution in [2.75, 3.05) is 46.9 Å². The van der Waals surface area contributed by atoms with Crippen molar-refractivity contribution in [3.63, 3.8) is 0 Å². The van der Waals surface area contributed by atoms with Crippen molar-refractivity contribution in [1.29, 1.82) is 0 Å². The van der Waals surface area contributed by atoms with Crippen LogP contribution < -0.4 is 20.1 Å². The third-order valence-electron chi connectivity index (χ3n) is 5.39. The molecule has 2 N–H and O–H groups in total. The maximum absolute atomic E-state index is 5.39. The molecule has 3 rings (SSSR count). The van der Waals surface area contributed by atoms with Gasteiger partial charge in [0, 0.05) is 32.7 Å². The van der Waals surface area contributed by atoms with E-state index in [1.807, 2.05) is 12.1 Å². The Balaban J connectivity index is 0.00000341. The van der Waals surface area contributed by atoms with Crippen LogP contribution in [0.15, 0.2) is 47.5 Å². The average molecular weight is 538 g/mol. The lowest BCUT2D eigenvalue weighted by molar-refractivity contribution is 0.261. The average Bonchev–Trinajstić information content (AvgIpc) is 2.78. The number of benzene rings is 2. The number of guanidine groups is 1. The summed E-state index contributed by atoms with van der Waals surface area (Å²) in [6, 6.07) is 14.8. The molecule has 0 aliphatic carbocycles. The third kappa shape index (κ3) is 7.57. The van der Waals surface area contributed by atoms with Gasteiger partial charge in [0.1, 0.15) is 0 Å². The van der Waals surface area contributed by atoms with Crippen molar-refractivity contribution in [2.24, 2.45) is 4.99 Å². The Morgan fingerprint density at radius 3 is 2.55 bits per heavy atom. The topological polar surface area (TPSA) is 58.1 Å². The molecule has 7 heteroatoms. The maximum Gasteiger partial charge on any atom is 0.191 e. The number of hydrogen-bond acceptors (Lipinski definition) is 4. The van der Waals surface area contributed by atoms with Gasteiger partial charge in [-0.1, -0.05) is 30.3 Å². The van der Waals surface area contributed by atoms with Crippen molar-refractivity contribution in [3.05, 3.63) is 59.2 Å². The second-order valence-electron chi connectivity index (χ2n) is 7.42. The van der Waals surface area contributed by atoms with Gasteiger partial charge in [0.05, 0.1) is 20.8 Å². The van der Waals surface area contributed by atoms with Gasteiger partial charge in [-0.05, 0) is 48.6 Å². The van der Waals surface area contributed by atoms with E-state index in [0.29, 0.717) is 0 Å². The number of hydrogen-bond donors (Lipinski definition) is 2. The molecule has 0 aromatic heterocycles. The SMILES string of the molecule is CCNC(=NCCN1CCc2ccccc2C1)NCCc1ccc(OC)c(OC)c1.I. The predicted octanol–water partition coefficient (Wildman–Crippen LogP) is 3.48. The lowest BCUT2D eigenvalue weighted by Crippen LogP contribution is -2.39. The maximum atomic E-state index is 5.39. The normalized spacial score (nSPS) is 13.7. The van der Waals surface area contributed by atoms with E-state index in [4.69, 9.17) is 14.5 Å². The zero-order valence-corrected chi connectivity index (χ0v) is 21.1. The Kier molecular flexibility index (Phi) is 10.9. The van der Waals surface area contributed by atoms with Crippen LogP contribution in [0.2, 0.25) is 0 Å². The highest BCUT2D eigenvalue weighted by atomic mass is 127. The molecular formula is C24H35IN4O2. The second kappa shape index (κ2) is 13.4. The molecule has 170 valence electrons. The van der Waals surface area contributed by atoms with Crippen LogP contribution in [0, 0.1) is 0 Å². The third-order valence-corrected chi connectivity index (χ3v) is 5.39. The summed E-state index contributed by atoms with van der Waals surface area (Å²) in [6.45, 7) is 7.63. The summed E-state index contributed by atoms with van der Waals surface area (Å²) in [7, 11) is 3.32. The molecule has 31 heavy (non-hydrogen) atoms. The van der Waals surface area contributed by atoms with Crippen molar-refractivity contribution in [1.82, 2.24) is 15.5 Å². The van der Waals surface area contributed by atoms with Crippen molar-refractivity contribution in [3.8, 4) is 11.5 Å². The van der Waals surface area contributed by atoms with Gasteiger partial charge in [-0.2, -0.15) is 0 Å². The van der Waals surface area contributed by atoms with Crippen molar-refractivity contribution < 1.29 is 9.47 Å². The van der Waals surface area contributed by atoms with E-state index in [0.717, 1.165) is 69.6 Å². The van der Waals surface area contributed by atoms with Crippen LogP contribution in [0.25, 0.3) is 0 Å². The van der Waals surface area contributed by atoms with E-state index in [-0.39, 0.29) is 24.0 Å². The van der Waals surface area contributed by atoms with Crippen LogP contribution in [0.1, 0.15) is 23.6 Å². The molecule has 0 saturated carbocycles. The molecule has 0 spiro atoms. The van der Waals surface area contributed by atoms with Gasteiger partial charge in [0.2, 0.25) is 0 Å². The molecule has 6 nitrogen and oxygen atoms in total. The van der Waals surface area contributed by atoms with Gasteiger partial charge in [-0.15, -0.1) is 24.0 Å². The number of ether oxygens (including phenoxy) is 2. The highest BCUT2D eigenvalue weighted by Gasteiger charge is 2.14. The van der Waals surface area contributed by atoms with Gasteiger partial charge in [0.25, 0.3) is 0 Å². The first kappa shape index (κ1) is 25.3. The molecule has 0 radical (unpaired) electrons. The molecule has 1 heterocycles. The Bertz CT molecular complexity index is 844. The van der Waals surface area contributed by atoms with E-state index in [2.05, 4.69) is 52.8 Å². The molecule has 0 bridgehead atoms. The first-order valence-electron chi connectivity index (χ1n) is 10.8. The monoisotopic (exact) mass is 538 g/mol. The predicted molar refractivity (Wildman–Crippen MR) is 138 cm³/mol. The number of nitrogens with one attached hydrogen (secondary N) is 2. The zero-order valence-electron chi connectivity index (χ0n) is 18.8. The van der Waals surface area contributed by atoms with Crippen molar-refractivity contribution in [2.45, 2.75) is 26.3 Å². The van der Waals surface area contributed by atoms with Crippen LogP contribution in [-0.4, -0.2) is 57.8 Å². The standard InChI is InChI=1S/C24H34N4O2.HI/c1-4-25-24(26-13-11-19-9-10-22(29-2)23(17-19)30-3)27-14-16-28-15-12-20-7-5-6-8-21(20)18-28;/h5-10,17H,4,11-16,18H2,1-3H3,(H2,25,26,27);1H. The fourth-order valence-electron chi connectivity index (χ4n) is 3.75. The first-order valence-corrected chi connectivity index (χ1v) is 10.8. The first-order chi connectivity index (χ1) is 14.7. The minimum Gasteiger partial charge on any atom is -0.493 e. The molecule has 2 aromatic carbocycles. The summed E-state index contributed by atoms with van der Waals surface area (Å²) < 4.78 is 10.7. The largest absolute Gasteiger partial charge is 0.493 e. The highest BCUT2D eigenvalue weighted by molar-refractivity contribution is 14.0. The molecule has 0 atom stereocenters. The van der Waals surface area contributed by atoms with Gasteiger partial charge in [-0.3, -0.25) is 9.89 Å². The molecule has 0 unspecified atom stereocenters. The molecule has 2 aromatic rings. The summed E-state index contributed by atoms with van der Waals surface area (Å²) >= 11 is 0. The molecule has 0 saturated heterocycles. The molecular weight excluding hydrogens is 503 g/mol. The molecule has 0 amide bonds. The van der Waals surface area contributed by atoms with Crippen LogP contribution in [0.5, 0.6) is 11.5 Å². The van der Waals surface area contributed by atoms with Crippen molar-refractivity contribution >= 4 is 29.9 Å². The molecule has 1 aliphatic rings. The minimum atomic E-state index is 0. The summed E-state index contributed by atoms with van der Waals surface area (Å²) in [5.41, 5.74) is 4.14. The Morgan fingerprint density at radius 1 is 1.03 bits per heavy atom. The van der Waals surface area contributed by atoms with Crippen LogP contribution in [-0.2, 0) is 19.4 Å². The quantitative estimate of drug-likeness (QED) is 0.291. The zero-order chi connectivity index (χ0) is 21.2. The number of halogens is 1. The number of methoxy groups -OCH3 is 2. The molecule has 1 aliphatic heterocycles. The van der Waals surface area contributed by atoms with Gasteiger partial charge in [-0.25, -0.2) is 0 Å². The van der Waals surface area contributed by atoms with E-state index in [1.54, 1.807) is 14.2 Å². The lowest BCUT2D eigenvalue weighted by Gasteiger charge is -2.28. The van der Waals surface area contributed by atoms with Crippen LogP contribution >= 0.6 is 24.0 Å². The smallest absolute Gasteiger partial charge is 0.191 e. The van der Waals surface area contributed by atoms with Gasteiger partial charge < -0.3 is 20.1 Å². The minimum absolute atomic E-state index is 0. The van der Waals surface area contributed by atoms with E-state index in [9.17, 15) is 0 Å². The fourth-order valence-corrected chi connectivity index (χ4v) is 3.75.